The minimum atomic E-state index is -0.0691. The van der Waals surface area contributed by atoms with Gasteiger partial charge in [0.2, 0.25) is 5.91 Å². The average Bonchev–Trinajstić information content (AvgIpc) is 3.03. The third-order valence-corrected chi connectivity index (χ3v) is 4.82. The number of halogens is 1. The Bertz CT molecular complexity index is 828. The van der Waals surface area contributed by atoms with Crippen LogP contribution in [0.1, 0.15) is 35.6 Å². The van der Waals surface area contributed by atoms with E-state index in [0.717, 1.165) is 19.4 Å². The van der Waals surface area contributed by atoms with Gasteiger partial charge in [0.25, 0.3) is 0 Å². The maximum atomic E-state index is 12.4. The summed E-state index contributed by atoms with van der Waals surface area (Å²) in [5.41, 5.74) is 3.52. The Morgan fingerprint density at radius 2 is 2.20 bits per heavy atom. The Hall–Kier alpha value is -2.35. The SMILES string of the molecule is Cc1cccc(C2CCCN2CC(=O)Nc2ccc(C#N)c(Cl)c2)c1. The van der Waals surface area contributed by atoms with Crippen LogP contribution in [0.3, 0.4) is 0 Å². The number of hydrogen-bond acceptors (Lipinski definition) is 3. The molecule has 1 atom stereocenters. The number of benzene rings is 2. The van der Waals surface area contributed by atoms with Crippen molar-refractivity contribution in [3.63, 3.8) is 0 Å². The van der Waals surface area contributed by atoms with E-state index in [0.29, 0.717) is 22.8 Å². The predicted molar refractivity (Wildman–Crippen MR) is 99.5 cm³/mol. The second-order valence-electron chi connectivity index (χ2n) is 6.40. The summed E-state index contributed by atoms with van der Waals surface area (Å²) in [5.74, 6) is -0.0691. The van der Waals surface area contributed by atoms with Crippen LogP contribution in [0, 0.1) is 18.3 Å². The van der Waals surface area contributed by atoms with Crippen LogP contribution in [0.4, 0.5) is 5.69 Å². The average molecular weight is 354 g/mol. The molecular weight excluding hydrogens is 334 g/mol. The van der Waals surface area contributed by atoms with Gasteiger partial charge in [0.1, 0.15) is 6.07 Å². The molecule has 0 spiro atoms. The second-order valence-corrected chi connectivity index (χ2v) is 6.80. The smallest absolute Gasteiger partial charge is 0.238 e. The van der Waals surface area contributed by atoms with E-state index in [1.54, 1.807) is 18.2 Å². The van der Waals surface area contributed by atoms with Crippen molar-refractivity contribution in [2.24, 2.45) is 0 Å². The van der Waals surface area contributed by atoms with E-state index in [-0.39, 0.29) is 11.9 Å². The van der Waals surface area contributed by atoms with Gasteiger partial charge in [-0.3, -0.25) is 9.69 Å². The quantitative estimate of drug-likeness (QED) is 0.891. The molecule has 1 heterocycles. The molecule has 4 nitrogen and oxygen atoms in total. The fraction of sp³-hybridized carbons (Fsp3) is 0.300. The Balaban J connectivity index is 1.66. The van der Waals surface area contributed by atoms with E-state index in [1.807, 2.05) is 6.07 Å². The summed E-state index contributed by atoms with van der Waals surface area (Å²) in [6.07, 6.45) is 2.16. The summed E-state index contributed by atoms with van der Waals surface area (Å²) in [4.78, 5) is 14.6. The third kappa shape index (κ3) is 4.19. The van der Waals surface area contributed by atoms with Crippen molar-refractivity contribution in [1.29, 1.82) is 5.26 Å². The molecule has 0 aliphatic carbocycles. The van der Waals surface area contributed by atoms with Gasteiger partial charge in [-0.05, 0) is 50.1 Å². The number of nitrogens with one attached hydrogen (secondary N) is 1. The van der Waals surface area contributed by atoms with Crippen LogP contribution in [0.25, 0.3) is 0 Å². The molecule has 128 valence electrons. The summed E-state index contributed by atoms with van der Waals surface area (Å²) >= 11 is 6.02. The lowest BCUT2D eigenvalue weighted by Crippen LogP contribution is -2.33. The molecule has 1 aliphatic heterocycles. The van der Waals surface area contributed by atoms with E-state index >= 15 is 0 Å². The van der Waals surface area contributed by atoms with Crippen LogP contribution in [-0.2, 0) is 4.79 Å². The van der Waals surface area contributed by atoms with Gasteiger partial charge in [0, 0.05) is 11.7 Å². The monoisotopic (exact) mass is 353 g/mol. The number of nitriles is 1. The Labute approximate surface area is 153 Å². The second kappa shape index (κ2) is 7.69. The summed E-state index contributed by atoms with van der Waals surface area (Å²) in [7, 11) is 0. The van der Waals surface area contributed by atoms with Gasteiger partial charge in [-0.15, -0.1) is 0 Å². The van der Waals surface area contributed by atoms with E-state index in [4.69, 9.17) is 16.9 Å². The first-order valence-corrected chi connectivity index (χ1v) is 8.75. The highest BCUT2D eigenvalue weighted by Crippen LogP contribution is 2.32. The number of carbonyl (C=O) groups excluding carboxylic acids is 1. The maximum absolute atomic E-state index is 12.4. The van der Waals surface area contributed by atoms with Gasteiger partial charge in [0.15, 0.2) is 0 Å². The van der Waals surface area contributed by atoms with Crippen molar-refractivity contribution in [3.8, 4) is 6.07 Å². The van der Waals surface area contributed by atoms with Gasteiger partial charge >= 0.3 is 0 Å². The minimum Gasteiger partial charge on any atom is -0.325 e. The van der Waals surface area contributed by atoms with Crippen molar-refractivity contribution in [2.75, 3.05) is 18.4 Å². The number of likely N-dealkylation sites (tertiary alicyclic amines) is 1. The molecule has 1 saturated heterocycles. The molecule has 2 aromatic carbocycles. The number of aryl methyl sites for hydroxylation is 1. The van der Waals surface area contributed by atoms with Crippen molar-refractivity contribution in [3.05, 3.63) is 64.2 Å². The highest BCUT2D eigenvalue weighted by Gasteiger charge is 2.27. The van der Waals surface area contributed by atoms with Crippen LogP contribution in [0.15, 0.2) is 42.5 Å². The van der Waals surface area contributed by atoms with E-state index in [1.165, 1.54) is 11.1 Å². The van der Waals surface area contributed by atoms with Crippen molar-refractivity contribution < 1.29 is 4.79 Å². The van der Waals surface area contributed by atoms with Crippen molar-refractivity contribution in [2.45, 2.75) is 25.8 Å². The standard InChI is InChI=1S/C20H20ClN3O/c1-14-4-2-5-15(10-14)19-6-3-9-24(19)13-20(25)23-17-8-7-16(12-22)18(21)11-17/h2,4-5,7-8,10-11,19H,3,6,9,13H2,1H3,(H,23,25). The molecule has 1 aliphatic rings. The maximum Gasteiger partial charge on any atom is 0.238 e. The van der Waals surface area contributed by atoms with Gasteiger partial charge < -0.3 is 5.32 Å². The largest absolute Gasteiger partial charge is 0.325 e. The van der Waals surface area contributed by atoms with Gasteiger partial charge in [-0.25, -0.2) is 0 Å². The van der Waals surface area contributed by atoms with Crippen molar-refractivity contribution >= 4 is 23.2 Å². The van der Waals surface area contributed by atoms with Crippen LogP contribution in [0.2, 0.25) is 5.02 Å². The molecule has 2 aromatic rings. The van der Waals surface area contributed by atoms with E-state index in [9.17, 15) is 4.79 Å². The van der Waals surface area contributed by atoms with Crippen LogP contribution in [0.5, 0.6) is 0 Å². The predicted octanol–water partition coefficient (Wildman–Crippen LogP) is 4.30. The molecule has 0 saturated carbocycles. The topological polar surface area (TPSA) is 56.1 Å². The fourth-order valence-electron chi connectivity index (χ4n) is 3.34. The molecule has 25 heavy (non-hydrogen) atoms. The first-order chi connectivity index (χ1) is 12.1. The molecule has 3 rings (SSSR count). The normalized spacial score (nSPS) is 17.2. The van der Waals surface area contributed by atoms with E-state index in [2.05, 4.69) is 41.4 Å². The molecule has 1 N–H and O–H groups in total. The number of nitrogens with zero attached hydrogens (tertiary/aromatic N) is 2. The Kier molecular flexibility index (Phi) is 5.37. The summed E-state index contributed by atoms with van der Waals surface area (Å²) in [6, 6.07) is 15.7. The van der Waals surface area contributed by atoms with Gasteiger partial charge in [-0.2, -0.15) is 5.26 Å². The lowest BCUT2D eigenvalue weighted by Gasteiger charge is -2.24. The number of rotatable bonds is 4. The molecule has 0 bridgehead atoms. The zero-order valence-corrected chi connectivity index (χ0v) is 14.9. The fourth-order valence-corrected chi connectivity index (χ4v) is 3.56. The molecule has 0 radical (unpaired) electrons. The highest BCUT2D eigenvalue weighted by atomic mass is 35.5. The molecule has 1 unspecified atom stereocenters. The summed E-state index contributed by atoms with van der Waals surface area (Å²) < 4.78 is 0. The Morgan fingerprint density at radius 1 is 1.36 bits per heavy atom. The number of hydrogen-bond donors (Lipinski definition) is 1. The van der Waals surface area contributed by atoms with Crippen molar-refractivity contribution in [1.82, 2.24) is 4.90 Å². The lowest BCUT2D eigenvalue weighted by atomic mass is 10.0. The number of anilines is 1. The van der Waals surface area contributed by atoms with Crippen LogP contribution >= 0.6 is 11.6 Å². The zero-order chi connectivity index (χ0) is 17.8. The zero-order valence-electron chi connectivity index (χ0n) is 14.1. The lowest BCUT2D eigenvalue weighted by molar-refractivity contribution is -0.117. The molecular formula is C20H20ClN3O. The Morgan fingerprint density at radius 3 is 2.92 bits per heavy atom. The molecule has 5 heteroatoms. The molecule has 1 fully saturated rings. The molecule has 1 amide bonds. The third-order valence-electron chi connectivity index (χ3n) is 4.51. The van der Waals surface area contributed by atoms with Crippen LogP contribution < -0.4 is 5.32 Å². The first-order valence-electron chi connectivity index (χ1n) is 8.37. The number of carbonyl (C=O) groups is 1. The van der Waals surface area contributed by atoms with E-state index < -0.39 is 0 Å². The minimum absolute atomic E-state index is 0.0691. The highest BCUT2D eigenvalue weighted by molar-refractivity contribution is 6.32. The van der Waals surface area contributed by atoms with Gasteiger partial charge in [-0.1, -0.05) is 41.4 Å². The first kappa shape index (κ1) is 17.5. The van der Waals surface area contributed by atoms with Gasteiger partial charge in [0.05, 0.1) is 17.1 Å². The molecule has 0 aromatic heterocycles. The summed E-state index contributed by atoms with van der Waals surface area (Å²) in [5, 5.41) is 12.1. The van der Waals surface area contributed by atoms with Crippen LogP contribution in [-0.4, -0.2) is 23.9 Å². The number of amides is 1. The summed E-state index contributed by atoms with van der Waals surface area (Å²) in [6.45, 7) is 3.35.